The fourth-order valence-corrected chi connectivity index (χ4v) is 3.99. The summed E-state index contributed by atoms with van der Waals surface area (Å²) in [5.74, 6) is 0.0926. The molecule has 2 heterocycles. The topological polar surface area (TPSA) is 66.9 Å². The maximum Gasteiger partial charge on any atom is 0.245 e. The number of benzene rings is 1. The largest absolute Gasteiger partial charge is 0.365 e. The Balaban J connectivity index is 1.81. The van der Waals surface area contributed by atoms with Gasteiger partial charge in [-0.25, -0.2) is 8.42 Å². The highest BCUT2D eigenvalue weighted by Gasteiger charge is 2.27. The molecule has 0 saturated carbocycles. The molecule has 0 bridgehead atoms. The van der Waals surface area contributed by atoms with Crippen LogP contribution in [0.3, 0.4) is 0 Å². The molecule has 0 N–H and O–H groups in total. The van der Waals surface area contributed by atoms with Crippen molar-refractivity contribution in [1.82, 2.24) is 4.31 Å². The number of sulfonamides is 1. The van der Waals surface area contributed by atoms with Crippen LogP contribution >= 0.6 is 0 Å². The third-order valence-electron chi connectivity index (χ3n) is 3.79. The molecule has 21 heavy (non-hydrogen) atoms. The molecule has 2 aliphatic rings. The van der Waals surface area contributed by atoms with E-state index in [0.717, 1.165) is 12.1 Å². The van der Waals surface area contributed by atoms with Crippen LogP contribution in [0.2, 0.25) is 0 Å². The van der Waals surface area contributed by atoms with E-state index in [9.17, 15) is 13.2 Å². The van der Waals surface area contributed by atoms with Crippen molar-refractivity contribution < 1.29 is 17.9 Å². The van der Waals surface area contributed by atoms with Crippen LogP contribution in [0, 0.1) is 0 Å². The zero-order valence-corrected chi connectivity index (χ0v) is 12.5. The SMILES string of the molecule is O=C1CCCN1c1ccc(S(=O)(=O)N2CCCOC2)cc1. The van der Waals surface area contributed by atoms with E-state index in [4.69, 9.17) is 4.74 Å². The standard InChI is InChI=1S/C14H18N2O4S/c17-14-3-1-9-16(14)12-4-6-13(7-5-12)21(18,19)15-8-2-10-20-11-15/h4-7H,1-3,8-11H2. The average molecular weight is 310 g/mol. The second-order valence-electron chi connectivity index (χ2n) is 5.21. The van der Waals surface area contributed by atoms with Gasteiger partial charge in [0.25, 0.3) is 0 Å². The number of hydrogen-bond donors (Lipinski definition) is 0. The highest BCUT2D eigenvalue weighted by Crippen LogP contribution is 2.24. The maximum absolute atomic E-state index is 12.4. The molecule has 0 radical (unpaired) electrons. The van der Waals surface area contributed by atoms with E-state index in [1.54, 1.807) is 29.2 Å². The summed E-state index contributed by atoms with van der Waals surface area (Å²) in [5, 5.41) is 0. The Bertz CT molecular complexity index is 621. The third kappa shape index (κ3) is 2.81. The Morgan fingerprint density at radius 1 is 1.05 bits per heavy atom. The van der Waals surface area contributed by atoms with Crippen molar-refractivity contribution in [2.75, 3.05) is 31.3 Å². The summed E-state index contributed by atoms with van der Waals surface area (Å²) in [6.07, 6.45) is 2.12. The predicted molar refractivity (Wildman–Crippen MR) is 77.4 cm³/mol. The first-order valence-corrected chi connectivity index (χ1v) is 8.51. The van der Waals surface area contributed by atoms with Crippen LogP contribution in [0.25, 0.3) is 0 Å². The van der Waals surface area contributed by atoms with E-state index in [2.05, 4.69) is 0 Å². The first kappa shape index (κ1) is 14.5. The number of nitrogens with zero attached hydrogens (tertiary/aromatic N) is 2. The molecule has 2 saturated heterocycles. The molecule has 1 aromatic carbocycles. The lowest BCUT2D eigenvalue weighted by atomic mass is 10.3. The monoisotopic (exact) mass is 310 g/mol. The molecule has 2 aliphatic heterocycles. The van der Waals surface area contributed by atoms with Gasteiger partial charge in [-0.15, -0.1) is 0 Å². The van der Waals surface area contributed by atoms with Crippen LogP contribution in [-0.2, 0) is 19.6 Å². The van der Waals surface area contributed by atoms with Gasteiger partial charge in [-0.2, -0.15) is 4.31 Å². The van der Waals surface area contributed by atoms with Gasteiger partial charge in [0, 0.05) is 31.8 Å². The Morgan fingerprint density at radius 3 is 2.38 bits per heavy atom. The van der Waals surface area contributed by atoms with Crippen molar-refractivity contribution in [2.45, 2.75) is 24.2 Å². The molecular formula is C14H18N2O4S. The average Bonchev–Trinajstić information content (AvgIpc) is 2.94. The molecule has 1 amide bonds. The van der Waals surface area contributed by atoms with E-state index in [1.807, 2.05) is 0 Å². The summed E-state index contributed by atoms with van der Waals surface area (Å²) in [4.78, 5) is 13.6. The Morgan fingerprint density at radius 2 is 1.81 bits per heavy atom. The minimum atomic E-state index is -3.51. The molecule has 0 spiro atoms. The quantitative estimate of drug-likeness (QED) is 0.841. The fourth-order valence-electron chi connectivity index (χ4n) is 2.63. The van der Waals surface area contributed by atoms with Gasteiger partial charge in [0.1, 0.15) is 6.73 Å². The number of hydrogen-bond acceptors (Lipinski definition) is 4. The summed E-state index contributed by atoms with van der Waals surface area (Å²) in [5.41, 5.74) is 0.756. The lowest BCUT2D eigenvalue weighted by molar-refractivity contribution is -0.117. The molecule has 2 fully saturated rings. The van der Waals surface area contributed by atoms with Gasteiger partial charge < -0.3 is 9.64 Å². The van der Waals surface area contributed by atoms with Gasteiger partial charge >= 0.3 is 0 Å². The summed E-state index contributed by atoms with van der Waals surface area (Å²) >= 11 is 0. The number of rotatable bonds is 3. The Hall–Kier alpha value is -1.44. The minimum Gasteiger partial charge on any atom is -0.365 e. The second-order valence-corrected chi connectivity index (χ2v) is 7.15. The van der Waals surface area contributed by atoms with Crippen LogP contribution < -0.4 is 4.90 Å². The third-order valence-corrected chi connectivity index (χ3v) is 5.63. The number of ether oxygens (including phenoxy) is 1. The van der Waals surface area contributed by atoms with Gasteiger partial charge in [0.2, 0.25) is 15.9 Å². The molecule has 0 aromatic heterocycles. The molecule has 6 nitrogen and oxygen atoms in total. The molecule has 0 unspecified atom stereocenters. The molecule has 7 heteroatoms. The van der Waals surface area contributed by atoms with Crippen LogP contribution in [0.4, 0.5) is 5.69 Å². The zero-order valence-electron chi connectivity index (χ0n) is 11.7. The summed E-state index contributed by atoms with van der Waals surface area (Å²) in [7, 11) is -3.51. The first-order chi connectivity index (χ1) is 10.1. The summed E-state index contributed by atoms with van der Waals surface area (Å²) in [6.45, 7) is 1.89. The molecule has 0 aliphatic carbocycles. The lowest BCUT2D eigenvalue weighted by Gasteiger charge is -2.26. The normalized spacial score (nSPS) is 21.0. The second kappa shape index (κ2) is 5.75. The first-order valence-electron chi connectivity index (χ1n) is 7.07. The van der Waals surface area contributed by atoms with Gasteiger partial charge in [-0.3, -0.25) is 4.79 Å². The highest BCUT2D eigenvalue weighted by molar-refractivity contribution is 7.89. The molecule has 114 valence electrons. The van der Waals surface area contributed by atoms with Crippen LogP contribution in [0.5, 0.6) is 0 Å². The van der Waals surface area contributed by atoms with Crippen molar-refractivity contribution in [3.63, 3.8) is 0 Å². The van der Waals surface area contributed by atoms with Gasteiger partial charge in [0.05, 0.1) is 4.90 Å². The van der Waals surface area contributed by atoms with Crippen LogP contribution in [0.15, 0.2) is 29.2 Å². The molecule has 3 rings (SSSR count). The van der Waals surface area contributed by atoms with Crippen molar-refractivity contribution in [3.8, 4) is 0 Å². The smallest absolute Gasteiger partial charge is 0.245 e. The van der Waals surface area contributed by atoms with E-state index >= 15 is 0 Å². The molecule has 1 aromatic rings. The molecular weight excluding hydrogens is 292 g/mol. The van der Waals surface area contributed by atoms with E-state index < -0.39 is 10.0 Å². The number of amides is 1. The highest BCUT2D eigenvalue weighted by atomic mass is 32.2. The number of carbonyl (C=O) groups is 1. The minimum absolute atomic E-state index is 0.0926. The fraction of sp³-hybridized carbons (Fsp3) is 0.500. The van der Waals surface area contributed by atoms with E-state index in [1.165, 1.54) is 4.31 Å². The Kier molecular flexibility index (Phi) is 3.97. The summed E-state index contributed by atoms with van der Waals surface area (Å²) < 4.78 is 31.4. The Labute approximate surface area is 124 Å². The lowest BCUT2D eigenvalue weighted by Crippen LogP contribution is -2.38. The van der Waals surface area contributed by atoms with E-state index in [0.29, 0.717) is 32.5 Å². The van der Waals surface area contributed by atoms with Crippen molar-refractivity contribution in [2.24, 2.45) is 0 Å². The van der Waals surface area contributed by atoms with Crippen molar-refractivity contribution in [3.05, 3.63) is 24.3 Å². The maximum atomic E-state index is 12.4. The van der Waals surface area contributed by atoms with Crippen LogP contribution in [-0.4, -0.2) is 45.1 Å². The van der Waals surface area contributed by atoms with E-state index in [-0.39, 0.29) is 17.5 Å². The predicted octanol–water partition coefficient (Wildman–Crippen LogP) is 1.18. The number of anilines is 1. The van der Waals surface area contributed by atoms with Gasteiger partial charge in [-0.05, 0) is 37.1 Å². The number of carbonyl (C=O) groups excluding carboxylic acids is 1. The molecule has 0 atom stereocenters. The van der Waals surface area contributed by atoms with Gasteiger partial charge in [0.15, 0.2) is 0 Å². The zero-order chi connectivity index (χ0) is 14.9. The summed E-state index contributed by atoms with van der Waals surface area (Å²) in [6, 6.07) is 6.51. The van der Waals surface area contributed by atoms with Crippen molar-refractivity contribution >= 4 is 21.6 Å². The van der Waals surface area contributed by atoms with Crippen molar-refractivity contribution in [1.29, 1.82) is 0 Å². The van der Waals surface area contributed by atoms with Crippen LogP contribution in [0.1, 0.15) is 19.3 Å². The van der Waals surface area contributed by atoms with Gasteiger partial charge in [-0.1, -0.05) is 0 Å².